The molecular formula is C8H5F5O2. The van der Waals surface area contributed by atoms with Gasteiger partial charge in [0, 0.05) is 0 Å². The summed E-state index contributed by atoms with van der Waals surface area (Å²) in [6, 6.07) is 2.78. The zero-order chi connectivity index (χ0) is 11.5. The van der Waals surface area contributed by atoms with E-state index in [0.717, 1.165) is 18.2 Å². The highest BCUT2D eigenvalue weighted by atomic mass is 19.4. The summed E-state index contributed by atoms with van der Waals surface area (Å²) in [5.41, 5.74) is 0. The SMILES string of the molecule is FCOc1cccc(F)c1OC(F)(F)F. The quantitative estimate of drug-likeness (QED) is 0.740. The maximum absolute atomic E-state index is 12.9. The zero-order valence-electron chi connectivity index (χ0n) is 7.15. The third kappa shape index (κ3) is 3.26. The highest BCUT2D eigenvalue weighted by molar-refractivity contribution is 5.40. The Morgan fingerprint density at radius 2 is 1.87 bits per heavy atom. The Morgan fingerprint density at radius 3 is 2.40 bits per heavy atom. The minimum absolute atomic E-state index is 0.644. The van der Waals surface area contributed by atoms with Crippen molar-refractivity contribution in [1.29, 1.82) is 0 Å². The van der Waals surface area contributed by atoms with E-state index in [9.17, 15) is 22.0 Å². The lowest BCUT2D eigenvalue weighted by Crippen LogP contribution is -2.18. The number of rotatable bonds is 3. The van der Waals surface area contributed by atoms with E-state index in [2.05, 4.69) is 9.47 Å². The van der Waals surface area contributed by atoms with Gasteiger partial charge in [-0.1, -0.05) is 6.07 Å². The molecule has 15 heavy (non-hydrogen) atoms. The van der Waals surface area contributed by atoms with Gasteiger partial charge in [-0.25, -0.2) is 8.78 Å². The van der Waals surface area contributed by atoms with Crippen LogP contribution < -0.4 is 9.47 Å². The molecule has 0 aliphatic heterocycles. The number of hydrogen-bond donors (Lipinski definition) is 0. The van der Waals surface area contributed by atoms with Gasteiger partial charge in [-0.2, -0.15) is 0 Å². The summed E-state index contributed by atoms with van der Waals surface area (Å²) >= 11 is 0. The van der Waals surface area contributed by atoms with Crippen LogP contribution in [-0.4, -0.2) is 13.2 Å². The van der Waals surface area contributed by atoms with Crippen LogP contribution in [0.25, 0.3) is 0 Å². The van der Waals surface area contributed by atoms with E-state index >= 15 is 0 Å². The van der Waals surface area contributed by atoms with Gasteiger partial charge in [0.1, 0.15) is 0 Å². The Hall–Kier alpha value is -1.53. The molecule has 1 aromatic carbocycles. The number of ether oxygens (including phenoxy) is 2. The van der Waals surface area contributed by atoms with Gasteiger partial charge in [0.2, 0.25) is 12.6 Å². The molecule has 0 radical (unpaired) electrons. The number of halogens is 5. The standard InChI is InChI=1S/C8H5F5O2/c9-4-14-6-3-1-2-5(10)7(6)15-8(11,12)13/h1-3H,4H2. The van der Waals surface area contributed by atoms with Crippen LogP contribution in [0.4, 0.5) is 22.0 Å². The van der Waals surface area contributed by atoms with Crippen LogP contribution in [0.2, 0.25) is 0 Å². The molecule has 0 aliphatic rings. The number of alkyl halides is 4. The molecule has 0 saturated heterocycles. The molecule has 0 aromatic heterocycles. The summed E-state index contributed by atoms with van der Waals surface area (Å²) < 4.78 is 67.5. The molecule has 0 atom stereocenters. The normalized spacial score (nSPS) is 11.3. The summed E-state index contributed by atoms with van der Waals surface area (Å²) in [5.74, 6) is -3.10. The van der Waals surface area contributed by atoms with Gasteiger partial charge in [-0.3, -0.25) is 0 Å². The Morgan fingerprint density at radius 1 is 1.20 bits per heavy atom. The second-order valence-electron chi connectivity index (χ2n) is 2.37. The molecular weight excluding hydrogens is 223 g/mol. The lowest BCUT2D eigenvalue weighted by atomic mass is 10.3. The average molecular weight is 228 g/mol. The summed E-state index contributed by atoms with van der Waals surface area (Å²) in [7, 11) is 0. The van der Waals surface area contributed by atoms with Gasteiger partial charge in [0.15, 0.2) is 11.6 Å². The molecule has 0 heterocycles. The van der Waals surface area contributed by atoms with E-state index in [1.165, 1.54) is 0 Å². The third-order valence-corrected chi connectivity index (χ3v) is 1.36. The minimum Gasteiger partial charge on any atom is -0.459 e. The van der Waals surface area contributed by atoms with Crippen LogP contribution >= 0.6 is 0 Å². The van der Waals surface area contributed by atoms with Crippen LogP contribution in [-0.2, 0) is 0 Å². The molecule has 0 amide bonds. The molecule has 1 rings (SSSR count). The van der Waals surface area contributed by atoms with Crippen molar-refractivity contribution >= 4 is 0 Å². The zero-order valence-corrected chi connectivity index (χ0v) is 7.15. The fourth-order valence-corrected chi connectivity index (χ4v) is 0.876. The predicted molar refractivity (Wildman–Crippen MR) is 39.7 cm³/mol. The van der Waals surface area contributed by atoms with Gasteiger partial charge < -0.3 is 9.47 Å². The van der Waals surface area contributed by atoms with E-state index in [1.807, 2.05) is 0 Å². The van der Waals surface area contributed by atoms with E-state index in [0.29, 0.717) is 0 Å². The number of para-hydroxylation sites is 1. The van der Waals surface area contributed by atoms with Crippen molar-refractivity contribution in [3.63, 3.8) is 0 Å². The Balaban J connectivity index is 3.02. The largest absolute Gasteiger partial charge is 0.573 e. The van der Waals surface area contributed by atoms with Crippen LogP contribution in [0.15, 0.2) is 18.2 Å². The topological polar surface area (TPSA) is 18.5 Å². The molecule has 7 heteroatoms. The molecule has 0 N–H and O–H groups in total. The molecule has 0 spiro atoms. The number of benzene rings is 1. The van der Waals surface area contributed by atoms with Crippen molar-refractivity contribution in [3.05, 3.63) is 24.0 Å². The molecule has 0 bridgehead atoms. The Bertz CT molecular complexity index is 336. The second kappa shape index (κ2) is 4.33. The highest BCUT2D eigenvalue weighted by Gasteiger charge is 2.34. The van der Waals surface area contributed by atoms with Crippen molar-refractivity contribution < 1.29 is 31.4 Å². The summed E-state index contributed by atoms with van der Waals surface area (Å²) in [6.45, 7) is -1.38. The lowest BCUT2D eigenvalue weighted by Gasteiger charge is -2.12. The molecule has 0 saturated carbocycles. The second-order valence-corrected chi connectivity index (χ2v) is 2.37. The fourth-order valence-electron chi connectivity index (χ4n) is 0.876. The van der Waals surface area contributed by atoms with Crippen molar-refractivity contribution in [3.8, 4) is 11.5 Å². The van der Waals surface area contributed by atoms with E-state index in [1.54, 1.807) is 0 Å². The Kier molecular flexibility index (Phi) is 3.33. The fraction of sp³-hybridized carbons (Fsp3) is 0.250. The monoisotopic (exact) mass is 228 g/mol. The van der Waals surface area contributed by atoms with Crippen LogP contribution in [0.5, 0.6) is 11.5 Å². The van der Waals surface area contributed by atoms with Gasteiger partial charge >= 0.3 is 6.36 Å². The van der Waals surface area contributed by atoms with Gasteiger partial charge in [0.25, 0.3) is 0 Å². The third-order valence-electron chi connectivity index (χ3n) is 1.36. The number of hydrogen-bond acceptors (Lipinski definition) is 2. The maximum Gasteiger partial charge on any atom is 0.573 e. The summed E-state index contributed by atoms with van der Waals surface area (Å²) in [5, 5.41) is 0. The first-order valence-corrected chi connectivity index (χ1v) is 3.67. The summed E-state index contributed by atoms with van der Waals surface area (Å²) in [6.07, 6.45) is -5.06. The average Bonchev–Trinajstić information content (AvgIpc) is 2.10. The van der Waals surface area contributed by atoms with E-state index in [4.69, 9.17) is 0 Å². The van der Waals surface area contributed by atoms with Gasteiger partial charge in [-0.15, -0.1) is 13.2 Å². The van der Waals surface area contributed by atoms with E-state index < -0.39 is 30.5 Å². The lowest BCUT2D eigenvalue weighted by molar-refractivity contribution is -0.276. The van der Waals surface area contributed by atoms with E-state index in [-0.39, 0.29) is 0 Å². The predicted octanol–water partition coefficient (Wildman–Crippen LogP) is 3.03. The molecule has 0 unspecified atom stereocenters. The van der Waals surface area contributed by atoms with Gasteiger partial charge in [-0.05, 0) is 12.1 Å². The molecule has 84 valence electrons. The first-order chi connectivity index (χ1) is 6.94. The van der Waals surface area contributed by atoms with Crippen molar-refractivity contribution in [1.82, 2.24) is 0 Å². The van der Waals surface area contributed by atoms with Crippen LogP contribution in [0.3, 0.4) is 0 Å². The molecule has 0 fully saturated rings. The molecule has 0 aliphatic carbocycles. The first-order valence-electron chi connectivity index (χ1n) is 3.67. The minimum atomic E-state index is -5.06. The van der Waals surface area contributed by atoms with Gasteiger partial charge in [0.05, 0.1) is 0 Å². The summed E-state index contributed by atoms with van der Waals surface area (Å²) in [4.78, 5) is 0. The molecule has 1 aromatic rings. The highest BCUT2D eigenvalue weighted by Crippen LogP contribution is 2.34. The molecule has 2 nitrogen and oxygen atoms in total. The van der Waals surface area contributed by atoms with Crippen molar-refractivity contribution in [2.45, 2.75) is 6.36 Å². The maximum atomic E-state index is 12.9. The van der Waals surface area contributed by atoms with Crippen molar-refractivity contribution in [2.75, 3.05) is 6.86 Å². The Labute approximate surface area is 81.2 Å². The van der Waals surface area contributed by atoms with Crippen LogP contribution in [0, 0.1) is 5.82 Å². The van der Waals surface area contributed by atoms with Crippen LogP contribution in [0.1, 0.15) is 0 Å². The smallest absolute Gasteiger partial charge is 0.459 e. The van der Waals surface area contributed by atoms with Crippen molar-refractivity contribution in [2.24, 2.45) is 0 Å². The first kappa shape index (κ1) is 11.5.